The average molecular weight is 483 g/mol. The SMILES string of the molecule is OC(O)C1(CC2CC=C(OCCC3CC=C(C4=CC(OC(F)(F)F)=CCC4)CC3)CC2)CCC1. The van der Waals surface area contributed by atoms with Crippen molar-refractivity contribution < 1.29 is 32.9 Å². The lowest BCUT2D eigenvalue weighted by atomic mass is 9.62. The minimum absolute atomic E-state index is 0.0939. The van der Waals surface area contributed by atoms with Gasteiger partial charge >= 0.3 is 6.36 Å². The Kier molecular flexibility index (Phi) is 8.13. The molecule has 4 aliphatic rings. The van der Waals surface area contributed by atoms with Crippen molar-refractivity contribution in [3.8, 4) is 0 Å². The van der Waals surface area contributed by atoms with Gasteiger partial charge in [-0.25, -0.2) is 0 Å². The van der Waals surface area contributed by atoms with Crippen molar-refractivity contribution in [1.82, 2.24) is 0 Å². The molecule has 0 aromatic carbocycles. The van der Waals surface area contributed by atoms with E-state index in [0.717, 1.165) is 94.0 Å². The first-order valence-electron chi connectivity index (χ1n) is 12.8. The lowest BCUT2D eigenvalue weighted by Crippen LogP contribution is -2.43. The van der Waals surface area contributed by atoms with E-state index < -0.39 is 12.7 Å². The predicted octanol–water partition coefficient (Wildman–Crippen LogP) is 6.82. The molecule has 34 heavy (non-hydrogen) atoms. The highest BCUT2D eigenvalue weighted by molar-refractivity contribution is 5.39. The van der Waals surface area contributed by atoms with E-state index in [1.54, 1.807) is 6.08 Å². The lowest BCUT2D eigenvalue weighted by Gasteiger charge is -2.45. The van der Waals surface area contributed by atoms with E-state index in [2.05, 4.69) is 16.9 Å². The van der Waals surface area contributed by atoms with E-state index in [1.165, 1.54) is 6.08 Å². The molecule has 190 valence electrons. The van der Waals surface area contributed by atoms with Gasteiger partial charge in [0.2, 0.25) is 0 Å². The maximum atomic E-state index is 12.5. The van der Waals surface area contributed by atoms with Gasteiger partial charge < -0.3 is 19.7 Å². The summed E-state index contributed by atoms with van der Waals surface area (Å²) in [6.07, 6.45) is 13.5. The van der Waals surface area contributed by atoms with Crippen LogP contribution in [0.2, 0.25) is 0 Å². The predicted molar refractivity (Wildman–Crippen MR) is 123 cm³/mol. The van der Waals surface area contributed by atoms with Crippen molar-refractivity contribution in [2.75, 3.05) is 6.61 Å². The molecule has 1 fully saturated rings. The van der Waals surface area contributed by atoms with E-state index in [0.29, 0.717) is 24.9 Å². The van der Waals surface area contributed by atoms with Gasteiger partial charge in [-0.2, -0.15) is 0 Å². The minimum atomic E-state index is -4.65. The summed E-state index contributed by atoms with van der Waals surface area (Å²) in [6.45, 7) is 0.693. The van der Waals surface area contributed by atoms with Gasteiger partial charge in [-0.3, -0.25) is 0 Å². The Morgan fingerprint density at radius 3 is 2.32 bits per heavy atom. The molecular weight excluding hydrogens is 445 g/mol. The van der Waals surface area contributed by atoms with Crippen LogP contribution in [0.25, 0.3) is 0 Å². The van der Waals surface area contributed by atoms with Crippen LogP contribution in [-0.4, -0.2) is 29.5 Å². The summed E-state index contributed by atoms with van der Waals surface area (Å²) in [5.41, 5.74) is 1.85. The van der Waals surface area contributed by atoms with Crippen molar-refractivity contribution in [3.05, 3.63) is 47.0 Å². The second-order valence-corrected chi connectivity index (χ2v) is 10.5. The van der Waals surface area contributed by atoms with E-state index in [1.807, 2.05) is 0 Å². The first kappa shape index (κ1) is 25.4. The van der Waals surface area contributed by atoms with Crippen LogP contribution in [0.5, 0.6) is 0 Å². The zero-order valence-electron chi connectivity index (χ0n) is 19.8. The fraction of sp³-hybridized carbons (Fsp3) is 0.704. The zero-order valence-corrected chi connectivity index (χ0v) is 19.8. The summed E-state index contributed by atoms with van der Waals surface area (Å²) in [7, 11) is 0. The molecule has 7 heteroatoms. The number of ether oxygens (including phenoxy) is 2. The number of aliphatic hydroxyl groups excluding tert-OH is 1. The van der Waals surface area contributed by atoms with E-state index >= 15 is 0 Å². The van der Waals surface area contributed by atoms with Crippen molar-refractivity contribution in [2.24, 2.45) is 17.3 Å². The monoisotopic (exact) mass is 482 g/mol. The number of halogens is 3. The number of allylic oxidation sites excluding steroid dienone is 7. The molecular formula is C27H37F3O4. The molecule has 0 bridgehead atoms. The maximum Gasteiger partial charge on any atom is 0.573 e. The molecule has 0 spiro atoms. The summed E-state index contributed by atoms with van der Waals surface area (Å²) in [6, 6.07) is 0. The molecule has 0 aliphatic heterocycles. The Morgan fingerprint density at radius 2 is 1.74 bits per heavy atom. The van der Waals surface area contributed by atoms with E-state index in [-0.39, 0.29) is 11.2 Å². The second-order valence-electron chi connectivity index (χ2n) is 10.5. The van der Waals surface area contributed by atoms with Crippen molar-refractivity contribution in [2.45, 2.75) is 96.1 Å². The third kappa shape index (κ3) is 6.69. The molecule has 0 saturated heterocycles. The standard InChI is InChI=1S/C27H37F3O4/c28-27(29,30)34-24-4-1-3-22(17-24)21-9-5-19(6-10-21)13-16-33-23-11-7-20(8-12-23)18-26(25(31)32)14-2-15-26/h4,9,11,17,19-20,25,31-32H,1-3,5-8,10,12-16,18H2. The van der Waals surface area contributed by atoms with Crippen LogP contribution in [0.15, 0.2) is 47.0 Å². The second kappa shape index (κ2) is 10.9. The highest BCUT2D eigenvalue weighted by Crippen LogP contribution is 2.50. The van der Waals surface area contributed by atoms with Gasteiger partial charge in [0, 0.05) is 11.8 Å². The summed E-state index contributed by atoms with van der Waals surface area (Å²) in [5, 5.41) is 19.5. The topological polar surface area (TPSA) is 58.9 Å². The molecule has 2 unspecified atom stereocenters. The fourth-order valence-electron chi connectivity index (χ4n) is 5.88. The smallest absolute Gasteiger partial charge is 0.498 e. The number of rotatable bonds is 9. The molecule has 0 aromatic rings. The molecule has 0 aromatic heterocycles. The Morgan fingerprint density at radius 1 is 0.971 bits per heavy atom. The fourth-order valence-corrected chi connectivity index (χ4v) is 5.88. The Bertz CT molecular complexity index is 833. The Balaban J connectivity index is 1.17. The van der Waals surface area contributed by atoms with Gasteiger partial charge in [0.25, 0.3) is 0 Å². The van der Waals surface area contributed by atoms with Crippen molar-refractivity contribution in [3.63, 3.8) is 0 Å². The maximum absolute atomic E-state index is 12.5. The van der Waals surface area contributed by atoms with Crippen LogP contribution >= 0.6 is 0 Å². The largest absolute Gasteiger partial charge is 0.573 e. The van der Waals surface area contributed by atoms with Gasteiger partial charge in [0.05, 0.1) is 12.4 Å². The third-order valence-corrected chi connectivity index (χ3v) is 8.12. The molecule has 0 heterocycles. The Labute approximate surface area is 200 Å². The van der Waals surface area contributed by atoms with Crippen molar-refractivity contribution in [1.29, 1.82) is 0 Å². The molecule has 1 saturated carbocycles. The molecule has 4 aliphatic carbocycles. The Hall–Kier alpha value is -1.73. The summed E-state index contributed by atoms with van der Waals surface area (Å²) < 4.78 is 47.7. The van der Waals surface area contributed by atoms with Gasteiger partial charge in [0.1, 0.15) is 5.76 Å². The van der Waals surface area contributed by atoms with Crippen molar-refractivity contribution >= 4 is 0 Å². The number of alkyl halides is 3. The van der Waals surface area contributed by atoms with Crippen LogP contribution in [0.3, 0.4) is 0 Å². The highest BCUT2D eigenvalue weighted by Gasteiger charge is 2.44. The number of aliphatic hydroxyl groups is 2. The third-order valence-electron chi connectivity index (χ3n) is 8.12. The van der Waals surface area contributed by atoms with Crippen LogP contribution in [0, 0.1) is 17.3 Å². The van der Waals surface area contributed by atoms with E-state index in [4.69, 9.17) is 4.74 Å². The molecule has 2 atom stereocenters. The highest BCUT2D eigenvalue weighted by atomic mass is 19.4. The number of hydrogen-bond donors (Lipinski definition) is 2. The zero-order chi connectivity index (χ0) is 24.2. The first-order valence-corrected chi connectivity index (χ1v) is 12.8. The van der Waals surface area contributed by atoms with Crippen LogP contribution in [-0.2, 0) is 9.47 Å². The van der Waals surface area contributed by atoms with Crippen LogP contribution in [0.4, 0.5) is 13.2 Å². The van der Waals surface area contributed by atoms with Gasteiger partial charge in [0.15, 0.2) is 6.29 Å². The van der Waals surface area contributed by atoms with Gasteiger partial charge in [-0.1, -0.05) is 12.5 Å². The quantitative estimate of drug-likeness (QED) is 0.354. The minimum Gasteiger partial charge on any atom is -0.498 e. The molecule has 0 radical (unpaired) electrons. The van der Waals surface area contributed by atoms with E-state index in [9.17, 15) is 23.4 Å². The van der Waals surface area contributed by atoms with Gasteiger partial charge in [-0.15, -0.1) is 13.2 Å². The van der Waals surface area contributed by atoms with Crippen LogP contribution in [0.1, 0.15) is 83.5 Å². The van der Waals surface area contributed by atoms with Crippen LogP contribution < -0.4 is 0 Å². The number of hydrogen-bond acceptors (Lipinski definition) is 4. The normalized spacial score (nSPS) is 27.2. The lowest BCUT2D eigenvalue weighted by molar-refractivity contribution is -0.303. The van der Waals surface area contributed by atoms with Gasteiger partial charge in [-0.05, 0) is 112 Å². The average Bonchev–Trinajstić information content (AvgIpc) is 2.76. The molecule has 0 amide bonds. The summed E-state index contributed by atoms with van der Waals surface area (Å²) in [4.78, 5) is 0. The summed E-state index contributed by atoms with van der Waals surface area (Å²) in [5.74, 6) is 2.01. The molecule has 4 nitrogen and oxygen atoms in total. The molecule has 2 N–H and O–H groups in total. The first-order chi connectivity index (χ1) is 16.2. The molecule has 4 rings (SSSR count). The summed E-state index contributed by atoms with van der Waals surface area (Å²) >= 11 is 0.